The number of aromatic nitrogens is 3. The molecule has 0 aromatic carbocycles. The lowest BCUT2D eigenvalue weighted by atomic mass is 10.3. The Morgan fingerprint density at radius 2 is 2.26 bits per heavy atom. The average molecular weight is 323 g/mol. The lowest BCUT2D eigenvalue weighted by Crippen LogP contribution is -2.30. The number of likely N-dealkylation sites (tertiary alicyclic amines) is 1. The molecular weight excluding hydrogens is 312 g/mol. The number of carbonyl (C=O) groups is 1. The van der Waals surface area contributed by atoms with E-state index in [0.717, 1.165) is 0 Å². The van der Waals surface area contributed by atoms with Crippen molar-refractivity contribution >= 4 is 32.9 Å². The third-order valence-corrected chi connectivity index (χ3v) is 3.66. The number of fused-ring (bicyclic) bond motifs is 1. The first-order valence-electron chi connectivity index (χ1n) is 5.89. The quantitative estimate of drug-likeness (QED) is 0.847. The highest BCUT2D eigenvalue weighted by Crippen LogP contribution is 2.20. The van der Waals surface area contributed by atoms with Crippen molar-refractivity contribution in [3.05, 3.63) is 28.8 Å². The maximum atomic E-state index is 12.2. The first-order chi connectivity index (χ1) is 9.15. The van der Waals surface area contributed by atoms with E-state index >= 15 is 0 Å². The maximum absolute atomic E-state index is 12.2. The van der Waals surface area contributed by atoms with Gasteiger partial charge in [-0.3, -0.25) is 14.8 Å². The van der Waals surface area contributed by atoms with Gasteiger partial charge in [0, 0.05) is 19.3 Å². The fourth-order valence-corrected chi connectivity index (χ4v) is 2.50. The number of hydrogen-bond donors (Lipinski definition) is 1. The Labute approximate surface area is 117 Å². The van der Waals surface area contributed by atoms with E-state index in [2.05, 4.69) is 30.9 Å². The standard InChI is InChI=1S/C12H11BrN4O2/c13-8-3-14-4-9-11(8)16-10(5-15-9)12(19)17-2-1-7(18)6-17/h3-5,7,18H,1-2,6H2. The van der Waals surface area contributed by atoms with Crippen LogP contribution in [-0.4, -0.2) is 50.1 Å². The second kappa shape index (κ2) is 4.82. The Hall–Kier alpha value is -1.60. The van der Waals surface area contributed by atoms with E-state index in [1.807, 2.05) is 0 Å². The molecule has 7 heteroatoms. The van der Waals surface area contributed by atoms with Gasteiger partial charge in [-0.05, 0) is 22.4 Å². The van der Waals surface area contributed by atoms with Crippen LogP contribution in [0.4, 0.5) is 0 Å². The zero-order valence-electron chi connectivity index (χ0n) is 9.95. The number of carbonyl (C=O) groups excluding carboxylic acids is 1. The fraction of sp³-hybridized carbons (Fsp3) is 0.333. The molecule has 98 valence electrons. The smallest absolute Gasteiger partial charge is 0.274 e. The maximum Gasteiger partial charge on any atom is 0.274 e. The van der Waals surface area contributed by atoms with Crippen molar-refractivity contribution in [1.29, 1.82) is 0 Å². The number of β-amino-alcohol motifs (C(OH)–C–C–N with tert-alkyl or cyclic N) is 1. The van der Waals surface area contributed by atoms with Crippen LogP contribution >= 0.6 is 15.9 Å². The summed E-state index contributed by atoms with van der Waals surface area (Å²) in [4.78, 5) is 26.3. The summed E-state index contributed by atoms with van der Waals surface area (Å²) >= 11 is 3.34. The number of nitrogens with zero attached hydrogens (tertiary/aromatic N) is 4. The Balaban J connectivity index is 1.97. The summed E-state index contributed by atoms with van der Waals surface area (Å²) in [6.45, 7) is 0.910. The van der Waals surface area contributed by atoms with Gasteiger partial charge in [0.2, 0.25) is 0 Å². The molecule has 1 N–H and O–H groups in total. The molecule has 1 atom stereocenters. The van der Waals surface area contributed by atoms with Gasteiger partial charge >= 0.3 is 0 Å². The molecule has 1 aliphatic heterocycles. The molecule has 19 heavy (non-hydrogen) atoms. The number of aliphatic hydroxyl groups is 1. The number of rotatable bonds is 1. The summed E-state index contributed by atoms with van der Waals surface area (Å²) in [5, 5.41) is 9.47. The van der Waals surface area contributed by atoms with E-state index in [9.17, 15) is 9.90 Å². The van der Waals surface area contributed by atoms with Gasteiger partial charge < -0.3 is 10.0 Å². The molecule has 1 unspecified atom stereocenters. The molecule has 2 aromatic rings. The second-order valence-corrected chi connectivity index (χ2v) is 5.29. The minimum atomic E-state index is -0.437. The van der Waals surface area contributed by atoms with Crippen LogP contribution < -0.4 is 0 Å². The second-order valence-electron chi connectivity index (χ2n) is 4.44. The van der Waals surface area contributed by atoms with Gasteiger partial charge in [0.05, 0.1) is 23.0 Å². The van der Waals surface area contributed by atoms with E-state index in [1.54, 1.807) is 17.3 Å². The van der Waals surface area contributed by atoms with Crippen molar-refractivity contribution in [3.8, 4) is 0 Å². The van der Waals surface area contributed by atoms with E-state index < -0.39 is 6.10 Å². The van der Waals surface area contributed by atoms with Gasteiger partial charge in [-0.25, -0.2) is 4.98 Å². The predicted octanol–water partition coefficient (Wildman–Crippen LogP) is 0.994. The average Bonchev–Trinajstić information content (AvgIpc) is 2.85. The molecule has 1 amide bonds. The highest BCUT2D eigenvalue weighted by atomic mass is 79.9. The van der Waals surface area contributed by atoms with E-state index in [4.69, 9.17) is 0 Å². The van der Waals surface area contributed by atoms with Crippen LogP contribution in [-0.2, 0) is 0 Å². The van der Waals surface area contributed by atoms with Gasteiger partial charge in [0.25, 0.3) is 5.91 Å². The highest BCUT2D eigenvalue weighted by Gasteiger charge is 2.26. The minimum Gasteiger partial charge on any atom is -0.391 e. The first-order valence-corrected chi connectivity index (χ1v) is 6.68. The molecule has 1 aliphatic rings. The van der Waals surface area contributed by atoms with Crippen LogP contribution in [0.5, 0.6) is 0 Å². The van der Waals surface area contributed by atoms with E-state index in [0.29, 0.717) is 35.0 Å². The van der Waals surface area contributed by atoms with Gasteiger partial charge in [-0.1, -0.05) is 0 Å². The van der Waals surface area contributed by atoms with Gasteiger partial charge in [0.15, 0.2) is 0 Å². The van der Waals surface area contributed by atoms with E-state index in [-0.39, 0.29) is 11.6 Å². The van der Waals surface area contributed by atoms with Crippen LogP contribution in [0.2, 0.25) is 0 Å². The largest absolute Gasteiger partial charge is 0.391 e. The first kappa shape index (κ1) is 12.4. The zero-order chi connectivity index (χ0) is 13.4. The molecule has 6 nitrogen and oxygen atoms in total. The normalized spacial score (nSPS) is 19.1. The molecule has 0 aliphatic carbocycles. The van der Waals surface area contributed by atoms with Crippen molar-refractivity contribution in [1.82, 2.24) is 19.9 Å². The van der Waals surface area contributed by atoms with E-state index in [1.165, 1.54) is 6.20 Å². The number of halogens is 1. The van der Waals surface area contributed by atoms with Crippen molar-refractivity contribution in [3.63, 3.8) is 0 Å². The lowest BCUT2D eigenvalue weighted by Gasteiger charge is -2.14. The highest BCUT2D eigenvalue weighted by molar-refractivity contribution is 9.10. The third kappa shape index (κ3) is 2.31. The Kier molecular flexibility index (Phi) is 3.16. The molecule has 2 aromatic heterocycles. The van der Waals surface area contributed by atoms with Gasteiger partial charge in [-0.15, -0.1) is 0 Å². The zero-order valence-corrected chi connectivity index (χ0v) is 11.5. The molecule has 3 rings (SSSR count). The Bertz CT molecular complexity index is 649. The van der Waals surface area contributed by atoms with Crippen molar-refractivity contribution in [2.45, 2.75) is 12.5 Å². The van der Waals surface area contributed by atoms with Crippen LogP contribution in [0.15, 0.2) is 23.1 Å². The molecular formula is C12H11BrN4O2. The third-order valence-electron chi connectivity index (χ3n) is 3.08. The summed E-state index contributed by atoms with van der Waals surface area (Å²) in [5.41, 5.74) is 1.53. The molecule has 0 spiro atoms. The molecule has 1 fully saturated rings. The molecule has 0 saturated carbocycles. The summed E-state index contributed by atoms with van der Waals surface area (Å²) < 4.78 is 0.702. The molecule has 0 radical (unpaired) electrons. The summed E-state index contributed by atoms with van der Waals surface area (Å²) in [6, 6.07) is 0. The minimum absolute atomic E-state index is 0.199. The van der Waals surface area contributed by atoms with Crippen LogP contribution in [0.3, 0.4) is 0 Å². The summed E-state index contributed by atoms with van der Waals surface area (Å²) in [7, 11) is 0. The summed E-state index contributed by atoms with van der Waals surface area (Å²) in [5.74, 6) is -0.199. The van der Waals surface area contributed by atoms with Crippen molar-refractivity contribution in [2.75, 3.05) is 13.1 Å². The van der Waals surface area contributed by atoms with Crippen molar-refractivity contribution < 1.29 is 9.90 Å². The molecule has 1 saturated heterocycles. The predicted molar refractivity (Wildman–Crippen MR) is 71.6 cm³/mol. The monoisotopic (exact) mass is 322 g/mol. The molecule has 0 bridgehead atoms. The van der Waals surface area contributed by atoms with Crippen LogP contribution in [0.1, 0.15) is 16.9 Å². The van der Waals surface area contributed by atoms with Crippen LogP contribution in [0, 0.1) is 0 Å². The Morgan fingerprint density at radius 3 is 3.00 bits per heavy atom. The Morgan fingerprint density at radius 1 is 1.42 bits per heavy atom. The fourth-order valence-electron chi connectivity index (χ4n) is 2.09. The van der Waals surface area contributed by atoms with Gasteiger partial charge in [0.1, 0.15) is 16.7 Å². The molecule has 3 heterocycles. The topological polar surface area (TPSA) is 79.2 Å². The van der Waals surface area contributed by atoms with Crippen molar-refractivity contribution in [2.24, 2.45) is 0 Å². The number of pyridine rings is 1. The lowest BCUT2D eigenvalue weighted by molar-refractivity contribution is 0.0759. The van der Waals surface area contributed by atoms with Crippen LogP contribution in [0.25, 0.3) is 11.0 Å². The SMILES string of the molecule is O=C(c1cnc2cncc(Br)c2n1)N1CCC(O)C1. The number of amides is 1. The van der Waals surface area contributed by atoms with Gasteiger partial charge in [-0.2, -0.15) is 0 Å². The number of aliphatic hydroxyl groups excluding tert-OH is 1. The summed E-state index contributed by atoms with van der Waals surface area (Å²) in [6.07, 6.45) is 4.84. The number of hydrogen-bond acceptors (Lipinski definition) is 5.